The van der Waals surface area contributed by atoms with Gasteiger partial charge in [-0.2, -0.15) is 4.31 Å². The topological polar surface area (TPSA) is 96.0 Å². The van der Waals surface area contributed by atoms with Gasteiger partial charge in [-0.1, -0.05) is 35.9 Å². The Morgan fingerprint density at radius 2 is 1.73 bits per heavy atom. The average Bonchev–Trinajstić information content (AvgIpc) is 2.76. The number of carbonyl (C=O) groups excluding carboxylic acids is 2. The largest absolute Gasteiger partial charge is 0.494 e. The number of benzene rings is 2. The first-order valence-electron chi connectivity index (χ1n) is 10.5. The van der Waals surface area contributed by atoms with Crippen LogP contribution in [0.4, 0.5) is 0 Å². The van der Waals surface area contributed by atoms with Crippen molar-refractivity contribution in [2.45, 2.75) is 32.5 Å². The van der Waals surface area contributed by atoms with Gasteiger partial charge in [-0.15, -0.1) is 0 Å². The standard InChI is InChI=1S/C23H28ClN3O5S/c1-4-32-20-11-7-18(8-12-20)14-27-21(28)15-26(33(3,30)31)16-23(27,2)22(29)25-13-17-5-9-19(24)10-6-17/h5-12H,4,13-16H2,1-3H3,(H,25,29). The Labute approximate surface area is 199 Å². The van der Waals surface area contributed by atoms with Gasteiger partial charge in [0.25, 0.3) is 0 Å². The molecule has 1 aliphatic rings. The number of amides is 2. The molecule has 178 valence electrons. The van der Waals surface area contributed by atoms with Crippen LogP contribution in [0.25, 0.3) is 0 Å². The van der Waals surface area contributed by atoms with Crippen molar-refractivity contribution >= 4 is 33.4 Å². The molecule has 2 aromatic rings. The molecule has 2 aromatic carbocycles. The number of carbonyl (C=O) groups is 2. The Morgan fingerprint density at radius 3 is 2.30 bits per heavy atom. The van der Waals surface area contributed by atoms with Crippen molar-refractivity contribution in [3.63, 3.8) is 0 Å². The van der Waals surface area contributed by atoms with E-state index in [2.05, 4.69) is 5.32 Å². The number of rotatable bonds is 8. The zero-order valence-electron chi connectivity index (χ0n) is 18.9. The van der Waals surface area contributed by atoms with Gasteiger partial charge in [0.1, 0.15) is 11.3 Å². The molecule has 10 heteroatoms. The Balaban J connectivity index is 1.85. The lowest BCUT2D eigenvalue weighted by Crippen LogP contribution is -2.69. The highest BCUT2D eigenvalue weighted by Crippen LogP contribution is 2.27. The molecule has 1 N–H and O–H groups in total. The SMILES string of the molecule is CCOc1ccc(CN2C(=O)CN(S(C)(=O)=O)CC2(C)C(=O)NCc2ccc(Cl)cc2)cc1. The fourth-order valence-corrected chi connectivity index (χ4v) is 4.66. The molecule has 3 rings (SSSR count). The predicted octanol–water partition coefficient (Wildman–Crippen LogP) is 2.42. The van der Waals surface area contributed by atoms with Crippen LogP contribution in [0.15, 0.2) is 48.5 Å². The number of ether oxygens (including phenoxy) is 1. The van der Waals surface area contributed by atoms with Gasteiger partial charge in [-0.25, -0.2) is 8.42 Å². The van der Waals surface area contributed by atoms with E-state index in [0.29, 0.717) is 17.4 Å². The Morgan fingerprint density at radius 1 is 1.12 bits per heavy atom. The highest BCUT2D eigenvalue weighted by atomic mass is 35.5. The molecule has 0 spiro atoms. The summed E-state index contributed by atoms with van der Waals surface area (Å²) in [6.45, 7) is 3.95. The first kappa shape index (κ1) is 25.0. The summed E-state index contributed by atoms with van der Waals surface area (Å²) in [4.78, 5) is 27.8. The molecule has 1 aliphatic heterocycles. The zero-order valence-corrected chi connectivity index (χ0v) is 20.4. The van der Waals surface area contributed by atoms with Gasteiger partial charge in [-0.3, -0.25) is 9.59 Å². The van der Waals surface area contributed by atoms with Crippen molar-refractivity contribution in [3.05, 3.63) is 64.7 Å². The minimum absolute atomic E-state index is 0.138. The first-order valence-corrected chi connectivity index (χ1v) is 12.8. The summed E-state index contributed by atoms with van der Waals surface area (Å²) < 4.78 is 30.9. The minimum Gasteiger partial charge on any atom is -0.494 e. The van der Waals surface area contributed by atoms with Crippen LogP contribution in [0.3, 0.4) is 0 Å². The second-order valence-electron chi connectivity index (χ2n) is 8.17. The van der Waals surface area contributed by atoms with Crippen LogP contribution >= 0.6 is 11.6 Å². The number of piperazine rings is 1. The highest BCUT2D eigenvalue weighted by molar-refractivity contribution is 7.88. The minimum atomic E-state index is -3.67. The van der Waals surface area contributed by atoms with Crippen molar-refractivity contribution in [2.75, 3.05) is 26.0 Å². The van der Waals surface area contributed by atoms with Crippen LogP contribution in [-0.4, -0.2) is 60.9 Å². The van der Waals surface area contributed by atoms with Gasteiger partial charge in [0.2, 0.25) is 21.8 Å². The van der Waals surface area contributed by atoms with Crippen molar-refractivity contribution in [2.24, 2.45) is 0 Å². The molecule has 0 bridgehead atoms. The predicted molar refractivity (Wildman–Crippen MR) is 126 cm³/mol. The summed E-state index contributed by atoms with van der Waals surface area (Å²) in [5.41, 5.74) is 0.233. The second-order valence-corrected chi connectivity index (χ2v) is 10.6. The van der Waals surface area contributed by atoms with E-state index in [-0.39, 0.29) is 26.2 Å². The van der Waals surface area contributed by atoms with E-state index in [4.69, 9.17) is 16.3 Å². The molecule has 33 heavy (non-hydrogen) atoms. The number of halogens is 1. The Kier molecular flexibility index (Phi) is 7.66. The maximum absolute atomic E-state index is 13.3. The van der Waals surface area contributed by atoms with Crippen molar-refractivity contribution in [1.29, 1.82) is 0 Å². The molecule has 8 nitrogen and oxygen atoms in total. The number of hydrogen-bond donors (Lipinski definition) is 1. The smallest absolute Gasteiger partial charge is 0.247 e. The zero-order chi connectivity index (χ0) is 24.2. The van der Waals surface area contributed by atoms with E-state index in [0.717, 1.165) is 21.7 Å². The third-order valence-electron chi connectivity index (χ3n) is 5.59. The molecule has 0 radical (unpaired) electrons. The second kappa shape index (κ2) is 10.1. The van der Waals surface area contributed by atoms with Gasteiger partial charge in [-0.05, 0) is 49.2 Å². The molecule has 1 unspecified atom stereocenters. The molecule has 1 saturated heterocycles. The molecule has 0 aliphatic carbocycles. The lowest BCUT2D eigenvalue weighted by molar-refractivity contribution is -0.153. The van der Waals surface area contributed by atoms with Crippen molar-refractivity contribution < 1.29 is 22.7 Å². The quantitative estimate of drug-likeness (QED) is 0.609. The average molecular weight is 494 g/mol. The Hall–Kier alpha value is -2.62. The number of sulfonamides is 1. The summed E-state index contributed by atoms with van der Waals surface area (Å²) in [7, 11) is -3.67. The molecular formula is C23H28ClN3O5S. The van der Waals surface area contributed by atoms with Gasteiger partial charge in [0, 0.05) is 24.7 Å². The summed E-state index contributed by atoms with van der Waals surface area (Å²) >= 11 is 5.91. The van der Waals surface area contributed by atoms with Gasteiger partial charge in [0.05, 0.1) is 19.4 Å². The highest BCUT2D eigenvalue weighted by Gasteiger charge is 2.49. The lowest BCUT2D eigenvalue weighted by atomic mass is 9.94. The van der Waals surface area contributed by atoms with Gasteiger partial charge < -0.3 is 15.0 Å². The van der Waals surface area contributed by atoms with Crippen molar-refractivity contribution in [1.82, 2.24) is 14.5 Å². The van der Waals surface area contributed by atoms with Crippen LogP contribution in [0.5, 0.6) is 5.75 Å². The lowest BCUT2D eigenvalue weighted by Gasteiger charge is -2.46. The molecule has 0 saturated carbocycles. The van der Waals surface area contributed by atoms with E-state index in [9.17, 15) is 18.0 Å². The van der Waals surface area contributed by atoms with E-state index >= 15 is 0 Å². The summed E-state index contributed by atoms with van der Waals surface area (Å²) in [5, 5.41) is 3.43. The van der Waals surface area contributed by atoms with E-state index in [1.54, 1.807) is 43.3 Å². The maximum atomic E-state index is 13.3. The third-order valence-corrected chi connectivity index (χ3v) is 7.04. The fraction of sp³-hybridized carbons (Fsp3) is 0.391. The van der Waals surface area contributed by atoms with E-state index in [1.165, 1.54) is 4.90 Å². The van der Waals surface area contributed by atoms with Crippen LogP contribution in [0.1, 0.15) is 25.0 Å². The molecule has 1 heterocycles. The molecular weight excluding hydrogens is 466 g/mol. The van der Waals surface area contributed by atoms with E-state index < -0.39 is 27.4 Å². The summed E-state index contributed by atoms with van der Waals surface area (Å²) in [5.74, 6) is -0.173. The molecule has 1 fully saturated rings. The normalized spacial score (nSPS) is 19.4. The van der Waals surface area contributed by atoms with Crippen molar-refractivity contribution in [3.8, 4) is 5.75 Å². The third kappa shape index (κ3) is 6.04. The number of hydrogen-bond acceptors (Lipinski definition) is 5. The van der Waals surface area contributed by atoms with Crippen LogP contribution in [-0.2, 0) is 32.7 Å². The van der Waals surface area contributed by atoms with Gasteiger partial charge in [0.15, 0.2) is 0 Å². The van der Waals surface area contributed by atoms with Crippen LogP contribution in [0.2, 0.25) is 5.02 Å². The maximum Gasteiger partial charge on any atom is 0.247 e. The monoisotopic (exact) mass is 493 g/mol. The Bertz CT molecular complexity index is 1110. The summed E-state index contributed by atoms with van der Waals surface area (Å²) in [6.07, 6.45) is 1.04. The van der Waals surface area contributed by atoms with Crippen LogP contribution < -0.4 is 10.1 Å². The first-order chi connectivity index (χ1) is 15.5. The number of nitrogens with one attached hydrogen (secondary N) is 1. The fourth-order valence-electron chi connectivity index (χ4n) is 3.70. The molecule has 2 amide bonds. The van der Waals surface area contributed by atoms with Crippen LogP contribution in [0, 0.1) is 0 Å². The molecule has 1 atom stereocenters. The summed E-state index contributed by atoms with van der Waals surface area (Å²) in [6, 6.07) is 14.3. The number of nitrogens with zero attached hydrogens (tertiary/aromatic N) is 2. The van der Waals surface area contributed by atoms with Gasteiger partial charge >= 0.3 is 0 Å². The van der Waals surface area contributed by atoms with E-state index in [1.807, 2.05) is 19.1 Å². The molecule has 0 aromatic heterocycles.